The second kappa shape index (κ2) is 3.92. The first kappa shape index (κ1) is 9.55. The van der Waals surface area contributed by atoms with Crippen LogP contribution < -0.4 is 5.32 Å². The second-order valence-corrected chi connectivity index (χ2v) is 3.41. The number of aromatic nitrogens is 2. The van der Waals surface area contributed by atoms with E-state index >= 15 is 0 Å². The van der Waals surface area contributed by atoms with E-state index in [4.69, 9.17) is 23.2 Å². The van der Waals surface area contributed by atoms with Crippen LogP contribution in [-0.2, 0) is 0 Å². The van der Waals surface area contributed by atoms with Gasteiger partial charge in [0.15, 0.2) is 0 Å². The fraction of sp³-hybridized carbons (Fsp3) is 0.429. The minimum atomic E-state index is 0.263. The molecule has 0 saturated carbocycles. The molecule has 0 bridgehead atoms. The molecule has 5 heteroatoms. The van der Waals surface area contributed by atoms with E-state index in [0.717, 1.165) is 0 Å². The van der Waals surface area contributed by atoms with Gasteiger partial charge in [-0.25, -0.2) is 9.97 Å². The molecule has 0 aromatic carbocycles. The van der Waals surface area contributed by atoms with E-state index in [9.17, 15) is 0 Å². The largest absolute Gasteiger partial charge is 0.352 e. The summed E-state index contributed by atoms with van der Waals surface area (Å²) < 4.78 is 0. The van der Waals surface area contributed by atoms with Gasteiger partial charge in [0, 0.05) is 12.1 Å². The van der Waals surface area contributed by atoms with Crippen molar-refractivity contribution < 1.29 is 0 Å². The van der Waals surface area contributed by atoms with Crippen molar-refractivity contribution in [3.63, 3.8) is 0 Å². The normalized spacial score (nSPS) is 10.4. The molecule has 0 atom stereocenters. The minimum Gasteiger partial charge on any atom is -0.352 e. The molecule has 1 heterocycles. The van der Waals surface area contributed by atoms with Crippen molar-refractivity contribution in [1.82, 2.24) is 9.97 Å². The van der Waals surface area contributed by atoms with Gasteiger partial charge in [-0.1, -0.05) is 23.2 Å². The van der Waals surface area contributed by atoms with Gasteiger partial charge in [0.05, 0.1) is 0 Å². The average Bonchev–Trinajstić information content (AvgIpc) is 1.81. The van der Waals surface area contributed by atoms with Crippen LogP contribution in [-0.4, -0.2) is 16.0 Å². The molecule has 0 unspecified atom stereocenters. The van der Waals surface area contributed by atoms with E-state index in [-0.39, 0.29) is 6.04 Å². The van der Waals surface area contributed by atoms with E-state index in [0.29, 0.717) is 16.3 Å². The maximum atomic E-state index is 5.66. The van der Waals surface area contributed by atoms with Crippen LogP contribution in [0.2, 0.25) is 10.3 Å². The van der Waals surface area contributed by atoms with Crippen molar-refractivity contribution in [2.24, 2.45) is 0 Å². The standard InChI is InChI=1S/C7H9Cl2N3/c1-4(2)10-7-11-5(8)3-6(9)12-7/h3-4H,1-2H3,(H,10,11,12). The Kier molecular flexibility index (Phi) is 3.12. The number of rotatable bonds is 2. The number of halogens is 2. The third kappa shape index (κ3) is 2.83. The lowest BCUT2D eigenvalue weighted by molar-refractivity contribution is 0.874. The molecule has 12 heavy (non-hydrogen) atoms. The summed E-state index contributed by atoms with van der Waals surface area (Å²) in [6, 6.07) is 1.76. The summed E-state index contributed by atoms with van der Waals surface area (Å²) in [5.74, 6) is 0.461. The number of hydrogen-bond acceptors (Lipinski definition) is 3. The highest BCUT2D eigenvalue weighted by Gasteiger charge is 2.01. The van der Waals surface area contributed by atoms with Crippen LogP contribution >= 0.6 is 23.2 Å². The topological polar surface area (TPSA) is 37.8 Å². The number of hydrogen-bond donors (Lipinski definition) is 1. The Hall–Kier alpha value is -0.540. The number of anilines is 1. The van der Waals surface area contributed by atoms with Gasteiger partial charge in [-0.3, -0.25) is 0 Å². The lowest BCUT2D eigenvalue weighted by atomic mass is 10.4. The summed E-state index contributed by atoms with van der Waals surface area (Å²) in [6.45, 7) is 3.97. The van der Waals surface area contributed by atoms with Crippen LogP contribution in [0.1, 0.15) is 13.8 Å². The van der Waals surface area contributed by atoms with E-state index in [1.807, 2.05) is 13.8 Å². The first-order valence-electron chi connectivity index (χ1n) is 3.54. The summed E-state index contributed by atoms with van der Waals surface area (Å²) in [5, 5.41) is 3.69. The molecular formula is C7H9Cl2N3. The minimum absolute atomic E-state index is 0.263. The molecule has 1 N–H and O–H groups in total. The Morgan fingerprint density at radius 2 is 1.75 bits per heavy atom. The Morgan fingerprint density at radius 3 is 2.17 bits per heavy atom. The molecule has 0 spiro atoms. The molecule has 0 radical (unpaired) electrons. The zero-order valence-corrected chi connectivity index (χ0v) is 8.32. The summed E-state index contributed by atoms with van der Waals surface area (Å²) in [4.78, 5) is 7.87. The molecule has 0 amide bonds. The van der Waals surface area contributed by atoms with E-state index in [2.05, 4.69) is 15.3 Å². The summed E-state index contributed by atoms with van der Waals surface area (Å²) >= 11 is 11.3. The van der Waals surface area contributed by atoms with Crippen LogP contribution in [0.5, 0.6) is 0 Å². The highest BCUT2D eigenvalue weighted by atomic mass is 35.5. The Labute approximate surface area is 81.1 Å². The molecule has 0 aliphatic carbocycles. The zero-order valence-electron chi connectivity index (χ0n) is 6.81. The number of nitrogens with zero attached hydrogens (tertiary/aromatic N) is 2. The van der Waals surface area contributed by atoms with E-state index in [1.165, 1.54) is 6.07 Å². The van der Waals surface area contributed by atoms with E-state index < -0.39 is 0 Å². The fourth-order valence-corrected chi connectivity index (χ4v) is 1.14. The van der Waals surface area contributed by atoms with Crippen LogP contribution in [0, 0.1) is 0 Å². The van der Waals surface area contributed by atoms with Crippen molar-refractivity contribution in [3.8, 4) is 0 Å². The quantitative estimate of drug-likeness (QED) is 0.755. The Bertz CT molecular complexity index is 255. The summed E-state index contributed by atoms with van der Waals surface area (Å²) in [6.07, 6.45) is 0. The van der Waals surface area contributed by atoms with E-state index in [1.54, 1.807) is 0 Å². The van der Waals surface area contributed by atoms with Crippen molar-refractivity contribution in [2.45, 2.75) is 19.9 Å². The third-order valence-corrected chi connectivity index (χ3v) is 1.47. The molecular weight excluding hydrogens is 197 g/mol. The van der Waals surface area contributed by atoms with Crippen molar-refractivity contribution in [3.05, 3.63) is 16.4 Å². The second-order valence-electron chi connectivity index (χ2n) is 2.64. The predicted octanol–water partition coefficient (Wildman–Crippen LogP) is 2.60. The maximum Gasteiger partial charge on any atom is 0.225 e. The van der Waals surface area contributed by atoms with Crippen LogP contribution in [0.3, 0.4) is 0 Å². The Balaban J connectivity index is 2.85. The molecule has 0 aliphatic rings. The van der Waals surface area contributed by atoms with Crippen molar-refractivity contribution in [1.29, 1.82) is 0 Å². The average molecular weight is 206 g/mol. The van der Waals surface area contributed by atoms with Crippen LogP contribution in [0.15, 0.2) is 6.07 Å². The summed E-state index contributed by atoms with van der Waals surface area (Å²) in [5.41, 5.74) is 0. The highest BCUT2D eigenvalue weighted by Crippen LogP contribution is 2.14. The maximum absolute atomic E-state index is 5.66. The van der Waals surface area contributed by atoms with Gasteiger partial charge in [-0.15, -0.1) is 0 Å². The van der Waals surface area contributed by atoms with Gasteiger partial charge in [-0.2, -0.15) is 0 Å². The van der Waals surface area contributed by atoms with Gasteiger partial charge >= 0.3 is 0 Å². The first-order valence-corrected chi connectivity index (χ1v) is 4.30. The monoisotopic (exact) mass is 205 g/mol. The Morgan fingerprint density at radius 1 is 1.25 bits per heavy atom. The van der Waals surface area contributed by atoms with Gasteiger partial charge in [0.1, 0.15) is 10.3 Å². The van der Waals surface area contributed by atoms with Crippen LogP contribution in [0.4, 0.5) is 5.95 Å². The van der Waals surface area contributed by atoms with Gasteiger partial charge in [0.25, 0.3) is 0 Å². The molecule has 0 aliphatic heterocycles. The lowest BCUT2D eigenvalue weighted by Gasteiger charge is -2.07. The fourth-order valence-electron chi connectivity index (χ4n) is 0.713. The van der Waals surface area contributed by atoms with Crippen LogP contribution in [0.25, 0.3) is 0 Å². The molecule has 3 nitrogen and oxygen atoms in total. The molecule has 1 rings (SSSR count). The third-order valence-electron chi connectivity index (χ3n) is 1.08. The molecule has 0 saturated heterocycles. The van der Waals surface area contributed by atoms with Crippen molar-refractivity contribution >= 4 is 29.2 Å². The SMILES string of the molecule is CC(C)Nc1nc(Cl)cc(Cl)n1. The smallest absolute Gasteiger partial charge is 0.225 e. The summed E-state index contributed by atoms with van der Waals surface area (Å²) in [7, 11) is 0. The molecule has 0 fully saturated rings. The predicted molar refractivity (Wildman–Crippen MR) is 50.8 cm³/mol. The first-order chi connectivity index (χ1) is 5.58. The zero-order chi connectivity index (χ0) is 9.14. The molecule has 66 valence electrons. The van der Waals surface area contributed by atoms with Gasteiger partial charge in [-0.05, 0) is 13.8 Å². The molecule has 1 aromatic rings. The van der Waals surface area contributed by atoms with Gasteiger partial charge < -0.3 is 5.32 Å². The number of nitrogens with one attached hydrogen (secondary N) is 1. The molecule has 1 aromatic heterocycles. The van der Waals surface area contributed by atoms with Gasteiger partial charge in [0.2, 0.25) is 5.95 Å². The van der Waals surface area contributed by atoms with Crippen molar-refractivity contribution in [2.75, 3.05) is 5.32 Å². The lowest BCUT2D eigenvalue weighted by Crippen LogP contribution is -2.12. The highest BCUT2D eigenvalue weighted by molar-refractivity contribution is 6.33.